The molecule has 0 spiro atoms. The number of benzene rings is 2. The highest BCUT2D eigenvalue weighted by Crippen LogP contribution is 2.18. The normalized spacial score (nSPS) is 12.9. The van der Waals surface area contributed by atoms with Crippen LogP contribution in [-0.4, -0.2) is 17.9 Å². The second-order valence-electron chi connectivity index (χ2n) is 5.83. The van der Waals surface area contributed by atoms with Crippen LogP contribution in [0.15, 0.2) is 60.7 Å². The Kier molecular flexibility index (Phi) is 6.55. The van der Waals surface area contributed by atoms with Gasteiger partial charge in [0.25, 0.3) is 5.91 Å². The summed E-state index contributed by atoms with van der Waals surface area (Å²) in [7, 11) is 0. The van der Waals surface area contributed by atoms with Crippen molar-refractivity contribution < 1.29 is 9.59 Å². The fourth-order valence-electron chi connectivity index (χ4n) is 2.61. The van der Waals surface area contributed by atoms with Crippen molar-refractivity contribution in [1.82, 2.24) is 10.6 Å². The summed E-state index contributed by atoms with van der Waals surface area (Å²) in [6.45, 7) is 3.88. The van der Waals surface area contributed by atoms with E-state index in [-0.39, 0.29) is 23.9 Å². The lowest BCUT2D eigenvalue weighted by atomic mass is 9.99. The van der Waals surface area contributed by atoms with Crippen LogP contribution in [0.5, 0.6) is 0 Å². The highest BCUT2D eigenvalue weighted by atomic mass is 16.2. The van der Waals surface area contributed by atoms with Crippen LogP contribution in [-0.2, 0) is 4.79 Å². The van der Waals surface area contributed by atoms with E-state index in [1.807, 2.05) is 62.4 Å². The second-order valence-corrected chi connectivity index (χ2v) is 5.83. The van der Waals surface area contributed by atoms with Crippen LogP contribution in [0.3, 0.4) is 0 Å². The van der Waals surface area contributed by atoms with Crippen LogP contribution in [0.4, 0.5) is 0 Å². The van der Waals surface area contributed by atoms with Crippen molar-refractivity contribution in [2.24, 2.45) is 0 Å². The van der Waals surface area contributed by atoms with Gasteiger partial charge in [-0.3, -0.25) is 9.59 Å². The van der Waals surface area contributed by atoms with E-state index in [2.05, 4.69) is 10.6 Å². The third-order valence-corrected chi connectivity index (χ3v) is 3.85. The molecule has 4 nitrogen and oxygen atoms in total. The summed E-state index contributed by atoms with van der Waals surface area (Å²) >= 11 is 0. The molecule has 0 aliphatic heterocycles. The van der Waals surface area contributed by atoms with Gasteiger partial charge in [0.1, 0.15) is 0 Å². The number of hydrogen-bond donors (Lipinski definition) is 2. The molecule has 2 rings (SSSR count). The Morgan fingerprint density at radius 2 is 1.50 bits per heavy atom. The fourth-order valence-corrected chi connectivity index (χ4v) is 2.61. The number of nitrogens with one attached hydrogen (secondary N) is 2. The van der Waals surface area contributed by atoms with Crippen molar-refractivity contribution in [3.63, 3.8) is 0 Å². The Balaban J connectivity index is 2.17. The Morgan fingerprint density at radius 3 is 2.08 bits per heavy atom. The van der Waals surface area contributed by atoms with E-state index in [4.69, 9.17) is 0 Å². The summed E-state index contributed by atoms with van der Waals surface area (Å²) < 4.78 is 0. The van der Waals surface area contributed by atoms with Gasteiger partial charge < -0.3 is 10.6 Å². The smallest absolute Gasteiger partial charge is 0.251 e. The Morgan fingerprint density at radius 1 is 0.917 bits per heavy atom. The maximum absolute atomic E-state index is 12.5. The van der Waals surface area contributed by atoms with Crippen molar-refractivity contribution in [2.45, 2.75) is 38.8 Å². The molecule has 0 unspecified atom stereocenters. The van der Waals surface area contributed by atoms with Crippen molar-refractivity contribution in [3.05, 3.63) is 71.8 Å². The standard InChI is InChI=1S/C20H24N2O2/c1-3-10-18(23)21-15(2)19(16-11-6-4-7-12-16)22-20(24)17-13-8-5-9-14-17/h4-9,11-15,19H,3,10H2,1-2H3,(H,21,23)(H,22,24)/t15-,19-/m1/s1. The van der Waals surface area contributed by atoms with Crippen LogP contribution in [0.1, 0.15) is 48.7 Å². The van der Waals surface area contributed by atoms with Crippen LogP contribution in [0.2, 0.25) is 0 Å². The summed E-state index contributed by atoms with van der Waals surface area (Å²) in [6, 6.07) is 18.3. The molecule has 24 heavy (non-hydrogen) atoms. The molecule has 2 aromatic carbocycles. The van der Waals surface area contributed by atoms with Gasteiger partial charge in [-0.05, 0) is 31.0 Å². The molecule has 2 aromatic rings. The van der Waals surface area contributed by atoms with Gasteiger partial charge in [-0.25, -0.2) is 0 Å². The molecule has 0 saturated heterocycles. The third kappa shape index (κ3) is 4.95. The number of rotatable bonds is 7. The van der Waals surface area contributed by atoms with Crippen LogP contribution >= 0.6 is 0 Å². The number of hydrogen-bond acceptors (Lipinski definition) is 2. The zero-order chi connectivity index (χ0) is 17.4. The average Bonchev–Trinajstić information content (AvgIpc) is 2.61. The van der Waals surface area contributed by atoms with Crippen molar-refractivity contribution in [1.29, 1.82) is 0 Å². The largest absolute Gasteiger partial charge is 0.351 e. The predicted molar refractivity (Wildman–Crippen MR) is 95.6 cm³/mol. The molecule has 0 fully saturated rings. The summed E-state index contributed by atoms with van der Waals surface area (Å²) in [5, 5.41) is 6.03. The molecular formula is C20H24N2O2. The van der Waals surface area contributed by atoms with Gasteiger partial charge in [-0.2, -0.15) is 0 Å². The van der Waals surface area contributed by atoms with Crippen LogP contribution in [0.25, 0.3) is 0 Å². The van der Waals surface area contributed by atoms with E-state index >= 15 is 0 Å². The molecule has 0 heterocycles. The van der Waals surface area contributed by atoms with E-state index in [1.54, 1.807) is 12.1 Å². The first-order valence-corrected chi connectivity index (χ1v) is 8.32. The predicted octanol–water partition coefficient (Wildman–Crippen LogP) is 3.46. The average molecular weight is 324 g/mol. The van der Waals surface area contributed by atoms with E-state index in [1.165, 1.54) is 0 Å². The van der Waals surface area contributed by atoms with Gasteiger partial charge in [0.2, 0.25) is 5.91 Å². The Hall–Kier alpha value is -2.62. The molecule has 0 aromatic heterocycles. The van der Waals surface area contributed by atoms with Gasteiger partial charge in [0.05, 0.1) is 12.1 Å². The van der Waals surface area contributed by atoms with Crippen LogP contribution < -0.4 is 10.6 Å². The van der Waals surface area contributed by atoms with Crippen LogP contribution in [0, 0.1) is 0 Å². The summed E-state index contributed by atoms with van der Waals surface area (Å²) in [4.78, 5) is 24.4. The van der Waals surface area contributed by atoms with E-state index in [0.29, 0.717) is 12.0 Å². The minimum atomic E-state index is -0.292. The fraction of sp³-hybridized carbons (Fsp3) is 0.300. The monoisotopic (exact) mass is 324 g/mol. The lowest BCUT2D eigenvalue weighted by Gasteiger charge is -2.26. The summed E-state index contributed by atoms with van der Waals surface area (Å²) in [5.74, 6) is -0.152. The van der Waals surface area contributed by atoms with E-state index in [9.17, 15) is 9.59 Å². The molecule has 2 atom stereocenters. The lowest BCUT2D eigenvalue weighted by molar-refractivity contribution is -0.121. The van der Waals surface area contributed by atoms with Gasteiger partial charge in [0, 0.05) is 12.0 Å². The Bertz CT molecular complexity index is 656. The molecule has 0 saturated carbocycles. The molecule has 2 N–H and O–H groups in total. The minimum Gasteiger partial charge on any atom is -0.351 e. The van der Waals surface area contributed by atoms with Gasteiger partial charge in [0.15, 0.2) is 0 Å². The van der Waals surface area contributed by atoms with Gasteiger partial charge >= 0.3 is 0 Å². The number of carbonyl (C=O) groups is 2. The topological polar surface area (TPSA) is 58.2 Å². The zero-order valence-corrected chi connectivity index (χ0v) is 14.2. The highest BCUT2D eigenvalue weighted by Gasteiger charge is 2.23. The molecule has 0 aliphatic rings. The molecular weight excluding hydrogens is 300 g/mol. The first-order chi connectivity index (χ1) is 11.6. The van der Waals surface area contributed by atoms with E-state index in [0.717, 1.165) is 12.0 Å². The second kappa shape index (κ2) is 8.87. The first kappa shape index (κ1) is 17.7. The number of carbonyl (C=O) groups excluding carboxylic acids is 2. The number of amides is 2. The lowest BCUT2D eigenvalue weighted by Crippen LogP contribution is -2.44. The quantitative estimate of drug-likeness (QED) is 0.819. The maximum atomic E-state index is 12.5. The third-order valence-electron chi connectivity index (χ3n) is 3.85. The van der Waals surface area contributed by atoms with Crippen molar-refractivity contribution >= 4 is 11.8 Å². The molecule has 126 valence electrons. The minimum absolute atomic E-state index is 0.000101. The highest BCUT2D eigenvalue weighted by molar-refractivity contribution is 5.94. The van der Waals surface area contributed by atoms with Gasteiger partial charge in [-0.1, -0.05) is 55.5 Å². The maximum Gasteiger partial charge on any atom is 0.251 e. The Labute approximate surface area is 143 Å². The van der Waals surface area contributed by atoms with Crippen molar-refractivity contribution in [3.8, 4) is 0 Å². The molecule has 0 aliphatic carbocycles. The summed E-state index contributed by atoms with van der Waals surface area (Å²) in [5.41, 5.74) is 1.57. The molecule has 2 amide bonds. The molecule has 0 radical (unpaired) electrons. The van der Waals surface area contributed by atoms with Gasteiger partial charge in [-0.15, -0.1) is 0 Å². The van der Waals surface area contributed by atoms with Crippen molar-refractivity contribution in [2.75, 3.05) is 0 Å². The zero-order valence-electron chi connectivity index (χ0n) is 14.2. The molecule has 0 bridgehead atoms. The van der Waals surface area contributed by atoms with E-state index < -0.39 is 0 Å². The molecule has 4 heteroatoms. The summed E-state index contributed by atoms with van der Waals surface area (Å²) in [6.07, 6.45) is 1.28. The SMILES string of the molecule is CCCC(=O)N[C@H](C)[C@@H](NC(=O)c1ccccc1)c1ccccc1. The first-order valence-electron chi connectivity index (χ1n) is 8.32.